The molecular weight excluding hydrogens is 326 g/mol. The van der Waals surface area contributed by atoms with Gasteiger partial charge in [-0.05, 0) is 25.7 Å². The molecule has 0 aromatic carbocycles. The van der Waals surface area contributed by atoms with Crippen molar-refractivity contribution >= 4 is 5.82 Å². The lowest BCUT2D eigenvalue weighted by atomic mass is 9.95. The Balaban J connectivity index is 1.63. The predicted octanol–water partition coefficient (Wildman–Crippen LogP) is 4.24. The highest BCUT2D eigenvalue weighted by molar-refractivity contribution is 5.41. The zero-order chi connectivity index (χ0) is 18.6. The van der Waals surface area contributed by atoms with Gasteiger partial charge in [-0.3, -0.25) is 0 Å². The van der Waals surface area contributed by atoms with Gasteiger partial charge in [-0.15, -0.1) is 0 Å². The quantitative estimate of drug-likeness (QED) is 0.785. The van der Waals surface area contributed by atoms with E-state index < -0.39 is 0 Å². The molecule has 0 atom stereocenters. The van der Waals surface area contributed by atoms with Crippen LogP contribution in [0.4, 0.5) is 5.82 Å². The van der Waals surface area contributed by atoms with E-state index in [0.717, 1.165) is 43.3 Å². The van der Waals surface area contributed by atoms with Crippen LogP contribution in [0.25, 0.3) is 0 Å². The van der Waals surface area contributed by atoms with E-state index in [4.69, 9.17) is 19.4 Å². The fraction of sp³-hybridized carbons (Fsp3) is 0.810. The number of hydrogen-bond donors (Lipinski definition) is 0. The molecule has 0 amide bonds. The van der Waals surface area contributed by atoms with Gasteiger partial charge in [-0.2, -0.15) is 0 Å². The molecule has 1 aromatic rings. The second-order valence-corrected chi connectivity index (χ2v) is 8.81. The fourth-order valence-corrected chi connectivity index (χ4v) is 3.90. The second kappa shape index (κ2) is 8.66. The molecule has 0 N–H and O–H groups in total. The third-order valence-corrected chi connectivity index (χ3v) is 5.43. The number of hydrogen-bond acceptors (Lipinski definition) is 5. The van der Waals surface area contributed by atoms with Crippen LogP contribution in [-0.4, -0.2) is 42.4 Å². The monoisotopic (exact) mass is 361 g/mol. The molecule has 1 saturated carbocycles. The fourth-order valence-electron chi connectivity index (χ4n) is 3.90. The van der Waals surface area contributed by atoms with E-state index in [-0.39, 0.29) is 5.41 Å². The van der Waals surface area contributed by atoms with Crippen molar-refractivity contribution in [3.8, 4) is 0 Å². The second-order valence-electron chi connectivity index (χ2n) is 8.81. The SMILES string of the molecule is COCc1cc(N2CCC(OC3CCCCC3)CC2)nc(C(C)(C)C)n1. The lowest BCUT2D eigenvalue weighted by Crippen LogP contribution is -2.39. The predicted molar refractivity (Wildman–Crippen MR) is 105 cm³/mol. The molecule has 2 aliphatic rings. The molecule has 0 bridgehead atoms. The van der Waals surface area contributed by atoms with E-state index in [2.05, 4.69) is 31.7 Å². The summed E-state index contributed by atoms with van der Waals surface area (Å²) < 4.78 is 11.7. The first-order valence-corrected chi connectivity index (χ1v) is 10.2. The molecule has 1 aliphatic carbocycles. The maximum Gasteiger partial charge on any atom is 0.136 e. The highest BCUT2D eigenvalue weighted by Gasteiger charge is 2.26. The minimum atomic E-state index is -0.0685. The molecule has 2 fully saturated rings. The van der Waals surface area contributed by atoms with Crippen molar-refractivity contribution in [1.29, 1.82) is 0 Å². The minimum Gasteiger partial charge on any atom is -0.378 e. The largest absolute Gasteiger partial charge is 0.378 e. The third-order valence-electron chi connectivity index (χ3n) is 5.43. The normalized spacial score (nSPS) is 20.5. The van der Waals surface area contributed by atoms with Crippen molar-refractivity contribution in [1.82, 2.24) is 9.97 Å². The Morgan fingerprint density at radius 2 is 1.65 bits per heavy atom. The molecule has 5 nitrogen and oxygen atoms in total. The molecule has 3 rings (SSSR count). The molecule has 146 valence electrons. The molecule has 0 unspecified atom stereocenters. The van der Waals surface area contributed by atoms with Gasteiger partial charge in [-0.1, -0.05) is 40.0 Å². The summed E-state index contributed by atoms with van der Waals surface area (Å²) in [5.74, 6) is 1.93. The summed E-state index contributed by atoms with van der Waals surface area (Å²) in [6, 6.07) is 2.08. The zero-order valence-electron chi connectivity index (χ0n) is 17.0. The lowest BCUT2D eigenvalue weighted by molar-refractivity contribution is -0.0395. The van der Waals surface area contributed by atoms with Gasteiger partial charge in [0.2, 0.25) is 0 Å². The number of aromatic nitrogens is 2. The van der Waals surface area contributed by atoms with E-state index in [1.54, 1.807) is 7.11 Å². The van der Waals surface area contributed by atoms with Gasteiger partial charge >= 0.3 is 0 Å². The van der Waals surface area contributed by atoms with Gasteiger partial charge in [-0.25, -0.2) is 9.97 Å². The average Bonchev–Trinajstić information content (AvgIpc) is 2.62. The molecule has 5 heteroatoms. The highest BCUT2D eigenvalue weighted by Crippen LogP contribution is 2.27. The topological polar surface area (TPSA) is 47.5 Å². The van der Waals surface area contributed by atoms with Crippen molar-refractivity contribution in [3.05, 3.63) is 17.6 Å². The van der Waals surface area contributed by atoms with Crippen LogP contribution < -0.4 is 4.90 Å². The standard InChI is InChI=1S/C21H35N3O2/c1-21(2,3)20-22-16(15-25-4)14-19(23-20)24-12-10-18(11-13-24)26-17-8-6-5-7-9-17/h14,17-18H,5-13,15H2,1-4H3. The van der Waals surface area contributed by atoms with Crippen LogP contribution in [0.5, 0.6) is 0 Å². The van der Waals surface area contributed by atoms with Gasteiger partial charge in [0, 0.05) is 31.7 Å². The maximum absolute atomic E-state index is 6.38. The van der Waals surface area contributed by atoms with Crippen molar-refractivity contribution in [2.75, 3.05) is 25.1 Å². The molecule has 0 spiro atoms. The summed E-state index contributed by atoms with van der Waals surface area (Å²) >= 11 is 0. The molecular formula is C21H35N3O2. The summed E-state index contributed by atoms with van der Waals surface area (Å²) in [4.78, 5) is 11.9. The van der Waals surface area contributed by atoms with Crippen LogP contribution >= 0.6 is 0 Å². The van der Waals surface area contributed by atoms with Crippen molar-refractivity contribution in [2.45, 2.75) is 89.9 Å². The van der Waals surface area contributed by atoms with E-state index in [9.17, 15) is 0 Å². The number of nitrogens with zero attached hydrogens (tertiary/aromatic N) is 3. The average molecular weight is 362 g/mol. The van der Waals surface area contributed by atoms with Crippen molar-refractivity contribution < 1.29 is 9.47 Å². The lowest BCUT2D eigenvalue weighted by Gasteiger charge is -2.36. The van der Waals surface area contributed by atoms with Crippen molar-refractivity contribution in [3.63, 3.8) is 0 Å². The summed E-state index contributed by atoms with van der Waals surface area (Å²) in [5.41, 5.74) is 0.893. The van der Waals surface area contributed by atoms with E-state index >= 15 is 0 Å². The Labute approximate surface area is 158 Å². The van der Waals surface area contributed by atoms with Crippen LogP contribution in [0.1, 0.15) is 77.2 Å². The van der Waals surface area contributed by atoms with Crippen LogP contribution in [0, 0.1) is 0 Å². The van der Waals surface area contributed by atoms with Crippen LogP contribution in [0.3, 0.4) is 0 Å². The first kappa shape index (κ1) is 19.6. The molecule has 2 heterocycles. The maximum atomic E-state index is 6.38. The number of piperidine rings is 1. The number of anilines is 1. The van der Waals surface area contributed by atoms with E-state index in [1.807, 2.05) is 0 Å². The summed E-state index contributed by atoms with van der Waals surface area (Å²) in [6.07, 6.45) is 9.65. The van der Waals surface area contributed by atoms with Gasteiger partial charge in [0.05, 0.1) is 24.5 Å². The minimum absolute atomic E-state index is 0.0685. The van der Waals surface area contributed by atoms with Crippen LogP contribution in [0.2, 0.25) is 0 Å². The summed E-state index contributed by atoms with van der Waals surface area (Å²) in [7, 11) is 1.71. The van der Waals surface area contributed by atoms with Crippen LogP contribution in [-0.2, 0) is 21.5 Å². The molecule has 26 heavy (non-hydrogen) atoms. The molecule has 1 aliphatic heterocycles. The summed E-state index contributed by atoms with van der Waals surface area (Å²) in [6.45, 7) is 9.02. The number of ether oxygens (including phenoxy) is 2. The Kier molecular flexibility index (Phi) is 6.51. The Hall–Kier alpha value is -1.20. The Morgan fingerprint density at radius 3 is 2.27 bits per heavy atom. The Bertz CT molecular complexity index is 571. The first-order valence-electron chi connectivity index (χ1n) is 10.2. The van der Waals surface area contributed by atoms with E-state index in [1.165, 1.54) is 32.1 Å². The summed E-state index contributed by atoms with van der Waals surface area (Å²) in [5, 5.41) is 0. The van der Waals surface area contributed by atoms with E-state index in [0.29, 0.717) is 18.8 Å². The third kappa shape index (κ3) is 5.17. The van der Waals surface area contributed by atoms with Gasteiger partial charge < -0.3 is 14.4 Å². The number of rotatable bonds is 5. The Morgan fingerprint density at radius 1 is 1.00 bits per heavy atom. The van der Waals surface area contributed by atoms with Crippen LogP contribution in [0.15, 0.2) is 6.07 Å². The smallest absolute Gasteiger partial charge is 0.136 e. The highest BCUT2D eigenvalue weighted by atomic mass is 16.5. The first-order chi connectivity index (χ1) is 12.5. The van der Waals surface area contributed by atoms with Crippen molar-refractivity contribution in [2.24, 2.45) is 0 Å². The molecule has 1 aromatic heterocycles. The molecule has 0 radical (unpaired) electrons. The molecule has 1 saturated heterocycles. The zero-order valence-corrected chi connectivity index (χ0v) is 17.0. The number of methoxy groups -OCH3 is 1. The van der Waals surface area contributed by atoms with Gasteiger partial charge in [0.1, 0.15) is 11.6 Å². The van der Waals surface area contributed by atoms with Gasteiger partial charge in [0.15, 0.2) is 0 Å². The van der Waals surface area contributed by atoms with Gasteiger partial charge in [0.25, 0.3) is 0 Å².